The fourth-order valence-electron chi connectivity index (χ4n) is 4.10. The molecule has 0 radical (unpaired) electrons. The van der Waals surface area contributed by atoms with E-state index in [-0.39, 0.29) is 23.0 Å². The molecule has 0 aliphatic carbocycles. The SMILES string of the molecule is CCCCC(=O)N1CCC(COc2ccc(F)cc2)(CC(=O)N2CCOCC2)CC1. The molecule has 2 fully saturated rings. The van der Waals surface area contributed by atoms with Crippen LogP contribution in [0.5, 0.6) is 5.75 Å². The van der Waals surface area contributed by atoms with E-state index in [0.29, 0.717) is 64.6 Å². The van der Waals surface area contributed by atoms with Gasteiger partial charge in [0.25, 0.3) is 0 Å². The number of nitrogens with zero attached hydrogens (tertiary/aromatic N) is 2. The topological polar surface area (TPSA) is 59.1 Å². The Morgan fingerprint density at radius 2 is 1.67 bits per heavy atom. The van der Waals surface area contributed by atoms with Crippen molar-refractivity contribution in [2.24, 2.45) is 5.41 Å². The molecule has 3 rings (SSSR count). The highest BCUT2D eigenvalue weighted by atomic mass is 19.1. The first-order valence-electron chi connectivity index (χ1n) is 11.0. The van der Waals surface area contributed by atoms with Crippen molar-refractivity contribution in [2.75, 3.05) is 46.0 Å². The Bertz CT molecular complexity index is 696. The molecule has 1 aromatic rings. The molecule has 2 heterocycles. The molecule has 0 spiro atoms. The molecule has 0 saturated carbocycles. The van der Waals surface area contributed by atoms with Gasteiger partial charge in [-0.25, -0.2) is 4.39 Å². The van der Waals surface area contributed by atoms with E-state index in [1.165, 1.54) is 12.1 Å². The van der Waals surface area contributed by atoms with Gasteiger partial charge in [-0.05, 0) is 43.5 Å². The van der Waals surface area contributed by atoms with E-state index in [2.05, 4.69) is 6.92 Å². The Balaban J connectivity index is 1.64. The molecule has 2 aliphatic heterocycles. The predicted molar refractivity (Wildman–Crippen MR) is 112 cm³/mol. The van der Waals surface area contributed by atoms with Gasteiger partial charge >= 0.3 is 0 Å². The van der Waals surface area contributed by atoms with E-state index in [0.717, 1.165) is 25.7 Å². The molecular formula is C23H33FN2O4. The Labute approximate surface area is 178 Å². The molecular weight excluding hydrogens is 387 g/mol. The minimum atomic E-state index is -0.328. The van der Waals surface area contributed by atoms with Gasteiger partial charge in [0, 0.05) is 44.4 Å². The van der Waals surface area contributed by atoms with Gasteiger partial charge in [-0.3, -0.25) is 9.59 Å². The van der Waals surface area contributed by atoms with Crippen LogP contribution in [0.15, 0.2) is 24.3 Å². The highest BCUT2D eigenvalue weighted by molar-refractivity contribution is 5.78. The second-order valence-corrected chi connectivity index (χ2v) is 8.40. The maximum absolute atomic E-state index is 13.2. The van der Waals surface area contributed by atoms with Gasteiger partial charge in [0.15, 0.2) is 0 Å². The van der Waals surface area contributed by atoms with Crippen molar-refractivity contribution >= 4 is 11.8 Å². The number of likely N-dealkylation sites (tertiary alicyclic amines) is 1. The van der Waals surface area contributed by atoms with E-state index >= 15 is 0 Å². The fourth-order valence-corrected chi connectivity index (χ4v) is 4.10. The third-order valence-corrected chi connectivity index (χ3v) is 6.17. The molecule has 30 heavy (non-hydrogen) atoms. The largest absolute Gasteiger partial charge is 0.493 e. The number of ether oxygens (including phenoxy) is 2. The lowest BCUT2D eigenvalue weighted by molar-refractivity contribution is -0.141. The standard InChI is InChI=1S/C23H33FN2O4/c1-2-3-4-21(27)25-11-9-23(10-12-25,17-22(28)26-13-15-29-16-14-26)18-30-20-7-5-19(24)6-8-20/h5-8H,2-4,9-18H2,1H3. The first kappa shape index (κ1) is 22.5. The molecule has 2 aliphatic rings. The first-order chi connectivity index (χ1) is 14.5. The maximum Gasteiger partial charge on any atom is 0.223 e. The van der Waals surface area contributed by atoms with Crippen molar-refractivity contribution < 1.29 is 23.5 Å². The Kier molecular flexibility index (Phi) is 8.08. The third kappa shape index (κ3) is 6.17. The van der Waals surface area contributed by atoms with E-state index in [9.17, 15) is 14.0 Å². The van der Waals surface area contributed by atoms with Crippen molar-refractivity contribution in [3.8, 4) is 5.75 Å². The van der Waals surface area contributed by atoms with Crippen LogP contribution in [0.25, 0.3) is 0 Å². The zero-order chi connectivity index (χ0) is 21.4. The lowest BCUT2D eigenvalue weighted by atomic mass is 9.75. The molecule has 0 aromatic heterocycles. The molecule has 7 heteroatoms. The smallest absolute Gasteiger partial charge is 0.223 e. The lowest BCUT2D eigenvalue weighted by Gasteiger charge is -2.42. The van der Waals surface area contributed by atoms with Gasteiger partial charge in [0.05, 0.1) is 19.8 Å². The number of hydrogen-bond acceptors (Lipinski definition) is 4. The summed E-state index contributed by atoms with van der Waals surface area (Å²) in [5.41, 5.74) is -0.328. The monoisotopic (exact) mass is 420 g/mol. The van der Waals surface area contributed by atoms with Crippen LogP contribution in [0.3, 0.4) is 0 Å². The van der Waals surface area contributed by atoms with E-state index in [4.69, 9.17) is 9.47 Å². The Hall–Kier alpha value is -2.15. The van der Waals surface area contributed by atoms with Gasteiger partial charge in [-0.15, -0.1) is 0 Å². The van der Waals surface area contributed by atoms with Gasteiger partial charge < -0.3 is 19.3 Å². The highest BCUT2D eigenvalue weighted by Crippen LogP contribution is 2.37. The summed E-state index contributed by atoms with van der Waals surface area (Å²) in [5, 5.41) is 0. The van der Waals surface area contributed by atoms with Crippen LogP contribution < -0.4 is 4.74 Å². The summed E-state index contributed by atoms with van der Waals surface area (Å²) in [5.74, 6) is 0.602. The number of carbonyl (C=O) groups excluding carboxylic acids is 2. The van der Waals surface area contributed by atoms with E-state index in [1.54, 1.807) is 12.1 Å². The zero-order valence-electron chi connectivity index (χ0n) is 17.9. The van der Waals surface area contributed by atoms with Crippen LogP contribution in [0.4, 0.5) is 4.39 Å². The van der Waals surface area contributed by atoms with Crippen LogP contribution in [0.1, 0.15) is 45.4 Å². The van der Waals surface area contributed by atoms with Crippen molar-refractivity contribution in [1.29, 1.82) is 0 Å². The van der Waals surface area contributed by atoms with Gasteiger partial charge in [0.1, 0.15) is 11.6 Å². The fraction of sp³-hybridized carbons (Fsp3) is 0.652. The normalized spacial score (nSPS) is 18.9. The quantitative estimate of drug-likeness (QED) is 0.648. The van der Waals surface area contributed by atoms with Crippen molar-refractivity contribution in [3.63, 3.8) is 0 Å². The van der Waals surface area contributed by atoms with Crippen LogP contribution in [-0.2, 0) is 14.3 Å². The van der Waals surface area contributed by atoms with Gasteiger partial charge in [0.2, 0.25) is 11.8 Å². The average molecular weight is 421 g/mol. The molecule has 0 atom stereocenters. The predicted octanol–water partition coefficient (Wildman–Crippen LogP) is 3.25. The summed E-state index contributed by atoms with van der Waals surface area (Å²) in [6.07, 6.45) is 4.34. The number of morpholine rings is 1. The Morgan fingerprint density at radius 1 is 1.03 bits per heavy atom. The first-order valence-corrected chi connectivity index (χ1v) is 11.0. The number of benzene rings is 1. The molecule has 2 amide bonds. The molecule has 166 valence electrons. The minimum absolute atomic E-state index is 0.117. The summed E-state index contributed by atoms with van der Waals surface area (Å²) >= 11 is 0. The van der Waals surface area contributed by atoms with Crippen LogP contribution in [-0.4, -0.2) is 67.6 Å². The summed E-state index contributed by atoms with van der Waals surface area (Å²) in [6.45, 7) is 6.14. The van der Waals surface area contributed by atoms with Crippen LogP contribution in [0.2, 0.25) is 0 Å². The van der Waals surface area contributed by atoms with Crippen molar-refractivity contribution in [1.82, 2.24) is 9.80 Å². The van der Waals surface area contributed by atoms with Crippen molar-refractivity contribution in [2.45, 2.75) is 45.4 Å². The number of hydrogen-bond donors (Lipinski definition) is 0. The average Bonchev–Trinajstić information content (AvgIpc) is 2.78. The molecule has 0 bridgehead atoms. The summed E-state index contributed by atoms with van der Waals surface area (Å²) in [7, 11) is 0. The number of piperidine rings is 1. The van der Waals surface area contributed by atoms with Crippen molar-refractivity contribution in [3.05, 3.63) is 30.1 Å². The minimum Gasteiger partial charge on any atom is -0.493 e. The number of carbonyl (C=O) groups is 2. The van der Waals surface area contributed by atoms with E-state index < -0.39 is 0 Å². The van der Waals surface area contributed by atoms with E-state index in [1.807, 2.05) is 9.80 Å². The second-order valence-electron chi connectivity index (χ2n) is 8.40. The number of rotatable bonds is 8. The van der Waals surface area contributed by atoms with Crippen LogP contribution in [0, 0.1) is 11.2 Å². The second kappa shape index (κ2) is 10.8. The maximum atomic E-state index is 13.2. The summed E-state index contributed by atoms with van der Waals surface area (Å²) < 4.78 is 24.5. The molecule has 2 saturated heterocycles. The zero-order valence-corrected chi connectivity index (χ0v) is 17.9. The lowest BCUT2D eigenvalue weighted by Crippen LogP contribution is -2.49. The molecule has 1 aromatic carbocycles. The van der Waals surface area contributed by atoms with Gasteiger partial charge in [-0.2, -0.15) is 0 Å². The number of unbranched alkanes of at least 4 members (excludes halogenated alkanes) is 1. The third-order valence-electron chi connectivity index (χ3n) is 6.17. The number of halogens is 1. The molecule has 6 nitrogen and oxygen atoms in total. The Morgan fingerprint density at radius 3 is 2.30 bits per heavy atom. The van der Waals surface area contributed by atoms with Crippen LogP contribution >= 0.6 is 0 Å². The highest BCUT2D eigenvalue weighted by Gasteiger charge is 2.39. The molecule has 0 N–H and O–H groups in total. The number of amides is 2. The summed E-state index contributed by atoms with van der Waals surface area (Å²) in [6, 6.07) is 5.96. The van der Waals surface area contributed by atoms with Gasteiger partial charge in [-0.1, -0.05) is 13.3 Å². The summed E-state index contributed by atoms with van der Waals surface area (Å²) in [4.78, 5) is 29.2. The molecule has 0 unspecified atom stereocenters.